The molecule has 0 bridgehead atoms. The normalized spacial score (nSPS) is 14.8. The number of sulfonamides is 1. The van der Waals surface area contributed by atoms with Gasteiger partial charge in [-0.2, -0.15) is 0 Å². The summed E-state index contributed by atoms with van der Waals surface area (Å²) in [7, 11) is -3.71. The fourth-order valence-electron chi connectivity index (χ4n) is 5.68. The van der Waals surface area contributed by atoms with E-state index in [-0.39, 0.29) is 37.4 Å². The lowest BCUT2D eigenvalue weighted by Crippen LogP contribution is -2.52. The van der Waals surface area contributed by atoms with Gasteiger partial charge >= 0.3 is 0 Å². The zero-order chi connectivity index (χ0) is 30.6. The van der Waals surface area contributed by atoms with E-state index in [0.717, 1.165) is 33.9 Å². The summed E-state index contributed by atoms with van der Waals surface area (Å²) in [6.45, 7) is 6.42. The minimum Gasteiger partial charge on any atom is -0.352 e. The van der Waals surface area contributed by atoms with Gasteiger partial charge in [0, 0.05) is 37.4 Å². The van der Waals surface area contributed by atoms with Gasteiger partial charge < -0.3 is 10.2 Å². The first-order valence-electron chi connectivity index (χ1n) is 14.9. The van der Waals surface area contributed by atoms with Crippen molar-refractivity contribution in [1.29, 1.82) is 0 Å². The molecule has 5 rings (SSSR count). The molecule has 224 valence electrons. The van der Waals surface area contributed by atoms with Crippen LogP contribution >= 0.6 is 0 Å². The fraction of sp³-hybridized carbons (Fsp3) is 0.314. The maximum atomic E-state index is 14.1. The average molecular weight is 598 g/mol. The van der Waals surface area contributed by atoms with Crippen LogP contribution in [0.4, 0.5) is 5.69 Å². The number of nitrogens with zero attached hydrogens (tertiary/aromatic N) is 2. The molecule has 0 aliphatic carbocycles. The molecule has 1 aliphatic rings. The zero-order valence-corrected chi connectivity index (χ0v) is 25.8. The molecule has 4 aromatic carbocycles. The number of benzene rings is 4. The van der Waals surface area contributed by atoms with Gasteiger partial charge in [-0.3, -0.25) is 13.9 Å². The van der Waals surface area contributed by atoms with E-state index < -0.39 is 16.1 Å². The lowest BCUT2D eigenvalue weighted by atomic mass is 10.0. The molecule has 7 nitrogen and oxygen atoms in total. The second kappa shape index (κ2) is 13.0. The van der Waals surface area contributed by atoms with Crippen LogP contribution in [-0.2, 0) is 32.6 Å². The Morgan fingerprint density at radius 2 is 1.60 bits per heavy atom. The molecule has 0 saturated heterocycles. The first kappa shape index (κ1) is 30.3. The van der Waals surface area contributed by atoms with E-state index in [2.05, 4.69) is 5.32 Å². The van der Waals surface area contributed by atoms with Gasteiger partial charge in [0.05, 0.1) is 10.6 Å². The number of carbonyl (C=O) groups excluding carboxylic acids is 2. The molecule has 0 radical (unpaired) electrons. The Balaban J connectivity index is 1.41. The fourth-order valence-corrected chi connectivity index (χ4v) is 7.43. The first-order valence-corrected chi connectivity index (χ1v) is 16.4. The Kier molecular flexibility index (Phi) is 9.16. The SMILES string of the molecule is CC[C@@H](C)NC(=O)[C@@H](Cc1ccccc1)N(Cc1ccccc1C)C(=O)CCCN1c2cccc3cccc(c23)S1(=O)=O. The summed E-state index contributed by atoms with van der Waals surface area (Å²) in [6.07, 6.45) is 1.57. The van der Waals surface area contributed by atoms with Crippen molar-refractivity contribution in [3.8, 4) is 0 Å². The number of nitrogens with one attached hydrogen (secondary N) is 1. The zero-order valence-electron chi connectivity index (χ0n) is 25.0. The number of hydrogen-bond donors (Lipinski definition) is 1. The highest BCUT2D eigenvalue weighted by Crippen LogP contribution is 2.42. The number of anilines is 1. The van der Waals surface area contributed by atoms with Gasteiger partial charge in [0.2, 0.25) is 11.8 Å². The number of aryl methyl sites for hydroxylation is 1. The highest BCUT2D eigenvalue weighted by Gasteiger charge is 2.36. The summed E-state index contributed by atoms with van der Waals surface area (Å²) in [6, 6.07) is 27.7. The minimum atomic E-state index is -3.71. The lowest BCUT2D eigenvalue weighted by Gasteiger charge is -2.33. The van der Waals surface area contributed by atoms with Crippen LogP contribution < -0.4 is 9.62 Å². The quantitative estimate of drug-likeness (QED) is 0.217. The monoisotopic (exact) mass is 597 g/mol. The predicted octanol–water partition coefficient (Wildman–Crippen LogP) is 5.99. The second-order valence-corrected chi connectivity index (χ2v) is 13.1. The maximum absolute atomic E-state index is 14.1. The molecule has 0 unspecified atom stereocenters. The topological polar surface area (TPSA) is 86.8 Å². The van der Waals surface area contributed by atoms with Crippen LogP contribution in [0.1, 0.15) is 49.8 Å². The Labute approximate surface area is 254 Å². The molecule has 4 aromatic rings. The number of hydrogen-bond acceptors (Lipinski definition) is 4. The van der Waals surface area contributed by atoms with Gasteiger partial charge in [0.25, 0.3) is 10.0 Å². The van der Waals surface area contributed by atoms with Crippen molar-refractivity contribution < 1.29 is 18.0 Å². The maximum Gasteiger partial charge on any atom is 0.265 e. The van der Waals surface area contributed by atoms with E-state index in [1.165, 1.54) is 4.31 Å². The smallest absolute Gasteiger partial charge is 0.265 e. The Morgan fingerprint density at radius 1 is 0.907 bits per heavy atom. The number of carbonyl (C=O) groups is 2. The van der Waals surface area contributed by atoms with Crippen molar-refractivity contribution in [1.82, 2.24) is 10.2 Å². The van der Waals surface area contributed by atoms with Crippen LogP contribution in [0.5, 0.6) is 0 Å². The van der Waals surface area contributed by atoms with Gasteiger partial charge in [-0.25, -0.2) is 8.42 Å². The molecule has 0 saturated carbocycles. The molecular formula is C35H39N3O4S. The van der Waals surface area contributed by atoms with Gasteiger partial charge in [-0.15, -0.1) is 0 Å². The number of amides is 2. The summed E-state index contributed by atoms with van der Waals surface area (Å²) >= 11 is 0. The standard InChI is InChI=1S/C35H39N3O4S/c1-4-26(3)36-35(40)31(23-27-14-6-5-7-15-27)37(24-29-16-9-8-13-25(29)2)33(39)21-12-22-38-30-19-10-17-28-18-11-20-32(34(28)30)43(38,41)42/h5-11,13-20,26,31H,4,12,21-24H2,1-3H3,(H,36,40)/t26-,31-/m1/s1. The summed E-state index contributed by atoms with van der Waals surface area (Å²) in [4.78, 5) is 29.8. The first-order chi connectivity index (χ1) is 20.7. The molecular weight excluding hydrogens is 558 g/mol. The molecule has 1 heterocycles. The van der Waals surface area contributed by atoms with Crippen LogP contribution in [0.25, 0.3) is 10.8 Å². The van der Waals surface area contributed by atoms with Crippen LogP contribution in [0, 0.1) is 6.92 Å². The van der Waals surface area contributed by atoms with E-state index in [4.69, 9.17) is 0 Å². The van der Waals surface area contributed by atoms with Gasteiger partial charge in [0.15, 0.2) is 0 Å². The molecule has 0 spiro atoms. The summed E-state index contributed by atoms with van der Waals surface area (Å²) in [5.74, 6) is -0.375. The third-order valence-corrected chi connectivity index (χ3v) is 10.2. The molecule has 1 N–H and O–H groups in total. The second-order valence-electron chi connectivity index (χ2n) is 11.3. The molecule has 2 amide bonds. The number of rotatable bonds is 12. The molecule has 2 atom stereocenters. The third kappa shape index (κ3) is 6.44. The van der Waals surface area contributed by atoms with Gasteiger partial charge in [0.1, 0.15) is 6.04 Å². The van der Waals surface area contributed by atoms with Crippen LogP contribution in [-0.4, -0.2) is 43.8 Å². The largest absolute Gasteiger partial charge is 0.352 e. The van der Waals surface area contributed by atoms with Crippen molar-refractivity contribution in [2.45, 2.75) is 70.0 Å². The van der Waals surface area contributed by atoms with E-state index in [1.54, 1.807) is 17.0 Å². The van der Waals surface area contributed by atoms with E-state index in [0.29, 0.717) is 23.4 Å². The van der Waals surface area contributed by atoms with Crippen molar-refractivity contribution in [2.75, 3.05) is 10.8 Å². The van der Waals surface area contributed by atoms with E-state index in [9.17, 15) is 18.0 Å². The van der Waals surface area contributed by atoms with Crippen molar-refractivity contribution in [2.24, 2.45) is 0 Å². The summed E-state index contributed by atoms with van der Waals surface area (Å²) in [5.41, 5.74) is 3.61. The Hall–Kier alpha value is -4.17. The van der Waals surface area contributed by atoms with Crippen molar-refractivity contribution >= 4 is 38.3 Å². The molecule has 43 heavy (non-hydrogen) atoms. The molecule has 0 fully saturated rings. The van der Waals surface area contributed by atoms with Crippen LogP contribution in [0.15, 0.2) is 95.9 Å². The summed E-state index contributed by atoms with van der Waals surface area (Å²) in [5, 5.41) is 4.70. The Morgan fingerprint density at radius 3 is 2.33 bits per heavy atom. The van der Waals surface area contributed by atoms with Gasteiger partial charge in [-0.05, 0) is 60.9 Å². The summed E-state index contributed by atoms with van der Waals surface area (Å²) < 4.78 is 28.3. The third-order valence-electron chi connectivity index (χ3n) is 8.31. The lowest BCUT2D eigenvalue weighted by molar-refractivity contribution is -0.141. The highest BCUT2D eigenvalue weighted by atomic mass is 32.2. The average Bonchev–Trinajstić information content (AvgIpc) is 3.23. The van der Waals surface area contributed by atoms with Gasteiger partial charge in [-0.1, -0.05) is 85.8 Å². The Bertz CT molecular complexity index is 1720. The van der Waals surface area contributed by atoms with Crippen molar-refractivity contribution in [3.63, 3.8) is 0 Å². The molecule has 1 aliphatic heterocycles. The van der Waals surface area contributed by atoms with Crippen LogP contribution in [0.2, 0.25) is 0 Å². The molecule has 0 aromatic heterocycles. The van der Waals surface area contributed by atoms with E-state index >= 15 is 0 Å². The molecule has 8 heteroatoms. The van der Waals surface area contributed by atoms with Crippen LogP contribution in [0.3, 0.4) is 0 Å². The predicted molar refractivity (Wildman–Crippen MR) is 171 cm³/mol. The van der Waals surface area contributed by atoms with Crippen molar-refractivity contribution in [3.05, 3.63) is 108 Å². The highest BCUT2D eigenvalue weighted by molar-refractivity contribution is 7.93. The minimum absolute atomic E-state index is 0.0362. The van der Waals surface area contributed by atoms with E-state index in [1.807, 2.05) is 99.6 Å².